The fraction of sp³-hybridized carbons (Fsp3) is 0.500. The Bertz CT molecular complexity index is 358. The minimum atomic E-state index is -4.44. The zero-order chi connectivity index (χ0) is 10.9. The van der Waals surface area contributed by atoms with Gasteiger partial charge in [-0.25, -0.2) is 9.48 Å². The Morgan fingerprint density at radius 1 is 1.57 bits per heavy atom. The first-order valence-corrected chi connectivity index (χ1v) is 3.51. The summed E-state index contributed by atoms with van der Waals surface area (Å²) in [5.41, 5.74) is -0.580. The van der Waals surface area contributed by atoms with E-state index in [1.165, 1.54) is 6.92 Å². The molecule has 0 aliphatic rings. The number of carbonyl (C=O) groups is 1. The van der Waals surface area contributed by atoms with Crippen LogP contribution in [0.2, 0.25) is 0 Å². The average molecular weight is 209 g/mol. The van der Waals surface area contributed by atoms with E-state index in [2.05, 4.69) is 10.3 Å². The van der Waals surface area contributed by atoms with E-state index in [4.69, 9.17) is 5.11 Å². The lowest BCUT2D eigenvalue weighted by Crippen LogP contribution is -2.19. The molecule has 0 unspecified atom stereocenters. The summed E-state index contributed by atoms with van der Waals surface area (Å²) in [6.45, 7) is -0.117. The molecule has 0 saturated carbocycles. The average Bonchev–Trinajstić information content (AvgIpc) is 2.29. The lowest BCUT2D eigenvalue weighted by molar-refractivity contribution is -0.143. The van der Waals surface area contributed by atoms with E-state index in [0.29, 0.717) is 4.68 Å². The van der Waals surface area contributed by atoms with E-state index in [9.17, 15) is 18.0 Å². The number of halogens is 3. The molecule has 0 aliphatic heterocycles. The molecule has 0 aromatic carbocycles. The molecule has 0 saturated heterocycles. The molecule has 14 heavy (non-hydrogen) atoms. The second-order valence-corrected chi connectivity index (χ2v) is 2.60. The van der Waals surface area contributed by atoms with Gasteiger partial charge in [-0.05, 0) is 6.92 Å². The maximum atomic E-state index is 11.9. The Kier molecular flexibility index (Phi) is 2.45. The molecule has 0 bridgehead atoms. The number of rotatable bonds is 2. The number of carboxylic acids is 1. The summed E-state index contributed by atoms with van der Waals surface area (Å²) in [4.78, 5) is 10.4. The Balaban J connectivity index is 2.96. The highest BCUT2D eigenvalue weighted by Crippen LogP contribution is 2.18. The Hall–Kier alpha value is -1.60. The lowest BCUT2D eigenvalue weighted by Gasteiger charge is -2.06. The van der Waals surface area contributed by atoms with Gasteiger partial charge in [-0.3, -0.25) is 0 Å². The Morgan fingerprint density at radius 3 is 2.50 bits per heavy atom. The van der Waals surface area contributed by atoms with Crippen molar-refractivity contribution in [2.45, 2.75) is 19.6 Å². The van der Waals surface area contributed by atoms with Crippen molar-refractivity contribution in [3.05, 3.63) is 11.4 Å². The first-order valence-electron chi connectivity index (χ1n) is 3.51. The zero-order valence-electron chi connectivity index (χ0n) is 7.04. The molecule has 0 radical (unpaired) electrons. The van der Waals surface area contributed by atoms with Crippen molar-refractivity contribution in [2.24, 2.45) is 0 Å². The number of aromatic carboxylic acids is 1. The molecular formula is C6H6F3N3O2. The van der Waals surface area contributed by atoms with Crippen molar-refractivity contribution in [3.8, 4) is 0 Å². The molecule has 78 valence electrons. The van der Waals surface area contributed by atoms with Gasteiger partial charge in [0.25, 0.3) is 0 Å². The molecule has 1 N–H and O–H groups in total. The maximum absolute atomic E-state index is 11.9. The lowest BCUT2D eigenvalue weighted by atomic mass is 10.3. The van der Waals surface area contributed by atoms with Crippen LogP contribution in [0.5, 0.6) is 0 Å². The number of aromatic nitrogens is 3. The van der Waals surface area contributed by atoms with Gasteiger partial charge in [0.05, 0.1) is 5.69 Å². The molecule has 0 amide bonds. The zero-order valence-corrected chi connectivity index (χ0v) is 7.04. The summed E-state index contributed by atoms with van der Waals surface area (Å²) in [6.07, 6.45) is -4.44. The Labute approximate surface area is 76.1 Å². The predicted molar refractivity (Wildman–Crippen MR) is 37.8 cm³/mol. The molecule has 8 heteroatoms. The van der Waals surface area contributed by atoms with Gasteiger partial charge in [0, 0.05) is 0 Å². The smallest absolute Gasteiger partial charge is 0.408 e. The summed E-state index contributed by atoms with van der Waals surface area (Å²) in [5.74, 6) is -1.39. The predicted octanol–water partition coefficient (Wildman–Crippen LogP) is 0.847. The Morgan fingerprint density at radius 2 is 2.14 bits per heavy atom. The molecule has 1 heterocycles. The molecule has 1 rings (SSSR count). The van der Waals surface area contributed by atoms with Crippen LogP contribution in [0.25, 0.3) is 0 Å². The van der Waals surface area contributed by atoms with Crippen molar-refractivity contribution < 1.29 is 23.1 Å². The third-order valence-electron chi connectivity index (χ3n) is 1.51. The van der Waals surface area contributed by atoms with Crippen molar-refractivity contribution in [3.63, 3.8) is 0 Å². The largest absolute Gasteiger partial charge is 0.476 e. The highest BCUT2D eigenvalue weighted by Gasteiger charge is 2.30. The molecule has 1 aromatic rings. The number of hydrogen-bond acceptors (Lipinski definition) is 3. The van der Waals surface area contributed by atoms with Crippen molar-refractivity contribution in [1.29, 1.82) is 0 Å². The number of nitrogens with zero attached hydrogens (tertiary/aromatic N) is 3. The van der Waals surface area contributed by atoms with Gasteiger partial charge in [0.1, 0.15) is 6.54 Å². The fourth-order valence-corrected chi connectivity index (χ4v) is 0.878. The van der Waals surface area contributed by atoms with E-state index in [-0.39, 0.29) is 5.69 Å². The first kappa shape index (κ1) is 10.5. The van der Waals surface area contributed by atoms with Crippen molar-refractivity contribution in [2.75, 3.05) is 0 Å². The second-order valence-electron chi connectivity index (χ2n) is 2.60. The highest BCUT2D eigenvalue weighted by atomic mass is 19.4. The third kappa shape index (κ3) is 2.21. The quantitative estimate of drug-likeness (QED) is 0.783. The van der Waals surface area contributed by atoms with Crippen molar-refractivity contribution >= 4 is 5.97 Å². The third-order valence-corrected chi connectivity index (χ3v) is 1.51. The molecule has 0 aliphatic carbocycles. The monoisotopic (exact) mass is 209 g/mol. The molecule has 1 aromatic heterocycles. The van der Waals surface area contributed by atoms with Crippen LogP contribution in [-0.2, 0) is 6.54 Å². The summed E-state index contributed by atoms with van der Waals surface area (Å²) >= 11 is 0. The van der Waals surface area contributed by atoms with Gasteiger partial charge >= 0.3 is 12.1 Å². The van der Waals surface area contributed by atoms with Gasteiger partial charge < -0.3 is 5.11 Å². The summed E-state index contributed by atoms with van der Waals surface area (Å²) < 4.78 is 36.2. The van der Waals surface area contributed by atoms with E-state index < -0.39 is 24.4 Å². The molecule has 0 atom stereocenters. The molecule has 5 nitrogen and oxygen atoms in total. The maximum Gasteiger partial charge on any atom is 0.408 e. The minimum Gasteiger partial charge on any atom is -0.476 e. The van der Waals surface area contributed by atoms with Crippen LogP contribution in [-0.4, -0.2) is 32.2 Å². The van der Waals surface area contributed by atoms with Gasteiger partial charge in [0.15, 0.2) is 5.69 Å². The van der Waals surface area contributed by atoms with E-state index >= 15 is 0 Å². The fourth-order valence-electron chi connectivity index (χ4n) is 0.878. The van der Waals surface area contributed by atoms with Crippen LogP contribution >= 0.6 is 0 Å². The standard InChI is InChI=1S/C6H6F3N3O2/c1-3-4(5(13)14)10-11-12(3)2-6(7,8)9/h2H2,1H3,(H,13,14). The summed E-state index contributed by atoms with van der Waals surface area (Å²) in [5, 5.41) is 14.7. The summed E-state index contributed by atoms with van der Waals surface area (Å²) in [6, 6.07) is 0. The molecule has 0 spiro atoms. The van der Waals surface area contributed by atoms with Gasteiger partial charge in [-0.15, -0.1) is 5.10 Å². The number of hydrogen-bond donors (Lipinski definition) is 1. The van der Waals surface area contributed by atoms with Crippen LogP contribution in [0.1, 0.15) is 16.2 Å². The molecular weight excluding hydrogens is 203 g/mol. The van der Waals surface area contributed by atoms with Crippen LogP contribution in [0.15, 0.2) is 0 Å². The van der Waals surface area contributed by atoms with Gasteiger partial charge in [-0.1, -0.05) is 5.21 Å². The van der Waals surface area contributed by atoms with Crippen LogP contribution in [0.4, 0.5) is 13.2 Å². The van der Waals surface area contributed by atoms with E-state index in [1.807, 2.05) is 0 Å². The van der Waals surface area contributed by atoms with Crippen LogP contribution < -0.4 is 0 Å². The van der Waals surface area contributed by atoms with E-state index in [1.54, 1.807) is 0 Å². The van der Waals surface area contributed by atoms with Gasteiger partial charge in [-0.2, -0.15) is 13.2 Å². The van der Waals surface area contributed by atoms with Crippen LogP contribution in [0.3, 0.4) is 0 Å². The van der Waals surface area contributed by atoms with Gasteiger partial charge in [0.2, 0.25) is 0 Å². The van der Waals surface area contributed by atoms with E-state index in [0.717, 1.165) is 0 Å². The second kappa shape index (κ2) is 3.28. The normalized spacial score (nSPS) is 11.7. The van der Waals surface area contributed by atoms with Crippen LogP contribution in [0, 0.1) is 6.92 Å². The topological polar surface area (TPSA) is 68.0 Å². The highest BCUT2D eigenvalue weighted by molar-refractivity contribution is 5.86. The first-order chi connectivity index (χ1) is 6.31. The number of carboxylic acid groups (broad SMARTS) is 1. The van der Waals surface area contributed by atoms with Crippen molar-refractivity contribution in [1.82, 2.24) is 15.0 Å². The number of alkyl halides is 3. The SMILES string of the molecule is Cc1c(C(=O)O)nnn1CC(F)(F)F. The summed E-state index contributed by atoms with van der Waals surface area (Å²) in [7, 11) is 0. The molecule has 0 fully saturated rings. The minimum absolute atomic E-state index is 0.116.